The summed E-state index contributed by atoms with van der Waals surface area (Å²) in [7, 11) is 0. The van der Waals surface area contributed by atoms with Crippen LogP contribution in [0.5, 0.6) is 0 Å². The second-order valence-electron chi connectivity index (χ2n) is 5.83. The van der Waals surface area contributed by atoms with Gasteiger partial charge in [-0.05, 0) is 38.5 Å². The number of aromatic nitrogens is 3. The number of nitrogens with one attached hydrogen (secondary N) is 1. The lowest BCUT2D eigenvalue weighted by molar-refractivity contribution is 0.0649. The van der Waals surface area contributed by atoms with Crippen molar-refractivity contribution in [3.05, 3.63) is 41.2 Å². The molecule has 2 aromatic rings. The average Bonchev–Trinajstić information content (AvgIpc) is 2.89. The van der Waals surface area contributed by atoms with Crippen molar-refractivity contribution >= 4 is 5.91 Å². The van der Waals surface area contributed by atoms with Gasteiger partial charge < -0.3 is 10.2 Å². The summed E-state index contributed by atoms with van der Waals surface area (Å²) in [6.07, 6.45) is 0. The van der Waals surface area contributed by atoms with Gasteiger partial charge in [0.25, 0.3) is 5.91 Å². The van der Waals surface area contributed by atoms with Crippen LogP contribution in [0, 0.1) is 13.8 Å². The Bertz CT molecular complexity index is 694. The molecule has 1 N–H and O–H groups in total. The molecular formula is C16H21N5O. The van der Waals surface area contributed by atoms with E-state index < -0.39 is 0 Å². The Balaban J connectivity index is 1.91. The molecule has 0 aliphatic carbocycles. The molecule has 1 saturated heterocycles. The van der Waals surface area contributed by atoms with E-state index in [1.165, 1.54) is 0 Å². The normalized spacial score (nSPS) is 18.5. The zero-order valence-electron chi connectivity index (χ0n) is 13.2. The van der Waals surface area contributed by atoms with E-state index in [9.17, 15) is 4.79 Å². The van der Waals surface area contributed by atoms with Crippen molar-refractivity contribution in [2.75, 3.05) is 19.6 Å². The van der Waals surface area contributed by atoms with Crippen LogP contribution in [-0.2, 0) is 0 Å². The highest BCUT2D eigenvalue weighted by atomic mass is 16.2. The molecule has 2 heterocycles. The number of aryl methyl sites for hydroxylation is 1. The van der Waals surface area contributed by atoms with Crippen LogP contribution in [0.15, 0.2) is 24.3 Å². The predicted molar refractivity (Wildman–Crippen MR) is 84.2 cm³/mol. The number of nitrogens with zero attached hydrogens (tertiary/aromatic N) is 4. The Labute approximate surface area is 130 Å². The number of rotatable bonds is 2. The van der Waals surface area contributed by atoms with Crippen molar-refractivity contribution in [3.8, 4) is 5.69 Å². The van der Waals surface area contributed by atoms with Crippen LogP contribution >= 0.6 is 0 Å². The Morgan fingerprint density at radius 1 is 1.36 bits per heavy atom. The number of hydrogen-bond acceptors (Lipinski definition) is 4. The first-order valence-electron chi connectivity index (χ1n) is 7.59. The van der Waals surface area contributed by atoms with Gasteiger partial charge in [0.1, 0.15) is 0 Å². The topological polar surface area (TPSA) is 63.1 Å². The Morgan fingerprint density at radius 2 is 2.18 bits per heavy atom. The van der Waals surface area contributed by atoms with E-state index in [1.807, 2.05) is 49.9 Å². The highest BCUT2D eigenvalue weighted by Gasteiger charge is 2.28. The van der Waals surface area contributed by atoms with Crippen molar-refractivity contribution in [2.24, 2.45) is 0 Å². The summed E-state index contributed by atoms with van der Waals surface area (Å²) in [5, 5.41) is 11.6. The Morgan fingerprint density at radius 3 is 2.91 bits per heavy atom. The maximum Gasteiger partial charge on any atom is 0.276 e. The third kappa shape index (κ3) is 2.62. The summed E-state index contributed by atoms with van der Waals surface area (Å²) in [6.45, 7) is 8.31. The minimum absolute atomic E-state index is 0.0367. The van der Waals surface area contributed by atoms with Crippen molar-refractivity contribution < 1.29 is 4.79 Å². The summed E-state index contributed by atoms with van der Waals surface area (Å²) in [6, 6.07) is 8.18. The van der Waals surface area contributed by atoms with Crippen LogP contribution in [-0.4, -0.2) is 51.5 Å². The molecule has 22 heavy (non-hydrogen) atoms. The van der Waals surface area contributed by atoms with E-state index >= 15 is 0 Å². The summed E-state index contributed by atoms with van der Waals surface area (Å²) in [5.74, 6) is -0.0367. The molecule has 0 saturated carbocycles. The molecule has 116 valence electrons. The highest BCUT2D eigenvalue weighted by molar-refractivity contribution is 5.93. The lowest BCUT2D eigenvalue weighted by Gasteiger charge is -2.33. The molecule has 1 aliphatic rings. The molecule has 1 fully saturated rings. The Kier molecular flexibility index (Phi) is 3.94. The van der Waals surface area contributed by atoms with Crippen molar-refractivity contribution in [1.29, 1.82) is 0 Å². The van der Waals surface area contributed by atoms with E-state index in [1.54, 1.807) is 4.68 Å². The highest BCUT2D eigenvalue weighted by Crippen LogP contribution is 2.16. The summed E-state index contributed by atoms with van der Waals surface area (Å²) < 4.78 is 1.73. The minimum Gasteiger partial charge on any atom is -0.332 e. The van der Waals surface area contributed by atoms with E-state index in [-0.39, 0.29) is 11.9 Å². The first-order valence-corrected chi connectivity index (χ1v) is 7.59. The molecular weight excluding hydrogens is 278 g/mol. The summed E-state index contributed by atoms with van der Waals surface area (Å²) in [5.41, 5.74) is 3.30. The molecule has 0 bridgehead atoms. The maximum atomic E-state index is 12.7. The minimum atomic E-state index is -0.0367. The predicted octanol–water partition coefficient (Wildman–Crippen LogP) is 1.32. The van der Waals surface area contributed by atoms with Gasteiger partial charge in [-0.25, -0.2) is 4.68 Å². The molecule has 0 radical (unpaired) electrons. The molecule has 3 rings (SSSR count). The first-order chi connectivity index (χ1) is 10.6. The zero-order valence-corrected chi connectivity index (χ0v) is 13.2. The van der Waals surface area contributed by atoms with Crippen LogP contribution in [0.4, 0.5) is 0 Å². The second-order valence-corrected chi connectivity index (χ2v) is 5.83. The number of piperazine rings is 1. The van der Waals surface area contributed by atoms with E-state index in [2.05, 4.69) is 15.6 Å². The van der Waals surface area contributed by atoms with Gasteiger partial charge in [-0.3, -0.25) is 4.79 Å². The summed E-state index contributed by atoms with van der Waals surface area (Å²) in [4.78, 5) is 14.6. The van der Waals surface area contributed by atoms with Gasteiger partial charge >= 0.3 is 0 Å². The fourth-order valence-electron chi connectivity index (χ4n) is 2.81. The molecule has 1 aromatic heterocycles. The van der Waals surface area contributed by atoms with E-state index in [4.69, 9.17) is 0 Å². The standard InChI is InChI=1S/C16H21N5O/c1-11-5-4-6-14(9-11)21-13(3)15(18-19-21)16(22)20-8-7-17-10-12(20)2/h4-6,9,12,17H,7-8,10H2,1-3H3/t12-/m1/s1. The lowest BCUT2D eigenvalue weighted by Crippen LogP contribution is -2.52. The second kappa shape index (κ2) is 5.88. The molecule has 0 spiro atoms. The van der Waals surface area contributed by atoms with Crippen LogP contribution in [0.3, 0.4) is 0 Å². The van der Waals surface area contributed by atoms with Gasteiger partial charge in [-0.1, -0.05) is 17.3 Å². The van der Waals surface area contributed by atoms with Crippen LogP contribution in [0.2, 0.25) is 0 Å². The maximum absolute atomic E-state index is 12.7. The lowest BCUT2D eigenvalue weighted by atomic mass is 10.2. The van der Waals surface area contributed by atoms with Gasteiger partial charge in [0.15, 0.2) is 5.69 Å². The smallest absolute Gasteiger partial charge is 0.276 e. The number of amides is 1. The van der Waals surface area contributed by atoms with Crippen LogP contribution in [0.1, 0.15) is 28.7 Å². The zero-order chi connectivity index (χ0) is 15.7. The first kappa shape index (κ1) is 14.7. The van der Waals surface area contributed by atoms with Crippen LogP contribution < -0.4 is 5.32 Å². The molecule has 1 aliphatic heterocycles. The van der Waals surface area contributed by atoms with Gasteiger partial charge in [0.2, 0.25) is 0 Å². The van der Waals surface area contributed by atoms with Gasteiger partial charge in [0.05, 0.1) is 11.4 Å². The van der Waals surface area contributed by atoms with Gasteiger partial charge in [-0.15, -0.1) is 5.10 Å². The number of hydrogen-bond donors (Lipinski definition) is 1. The Hall–Kier alpha value is -2.21. The van der Waals surface area contributed by atoms with E-state index in [0.717, 1.165) is 30.0 Å². The summed E-state index contributed by atoms with van der Waals surface area (Å²) >= 11 is 0. The third-order valence-electron chi connectivity index (χ3n) is 4.11. The molecule has 6 heteroatoms. The van der Waals surface area contributed by atoms with Gasteiger partial charge in [-0.2, -0.15) is 0 Å². The van der Waals surface area contributed by atoms with E-state index in [0.29, 0.717) is 12.2 Å². The number of benzene rings is 1. The van der Waals surface area contributed by atoms with Crippen LogP contribution in [0.25, 0.3) is 5.69 Å². The van der Waals surface area contributed by atoms with Crippen molar-refractivity contribution in [2.45, 2.75) is 26.8 Å². The molecule has 1 aromatic carbocycles. The number of carbonyl (C=O) groups is 1. The molecule has 1 atom stereocenters. The number of carbonyl (C=O) groups excluding carboxylic acids is 1. The SMILES string of the molecule is Cc1cccc(-n2nnc(C(=O)N3CCNC[C@H]3C)c2C)c1. The fraction of sp³-hybridized carbons (Fsp3) is 0.438. The molecule has 6 nitrogen and oxygen atoms in total. The average molecular weight is 299 g/mol. The molecule has 1 amide bonds. The van der Waals surface area contributed by atoms with Gasteiger partial charge in [0, 0.05) is 25.7 Å². The van der Waals surface area contributed by atoms with Crippen molar-refractivity contribution in [3.63, 3.8) is 0 Å². The monoisotopic (exact) mass is 299 g/mol. The third-order valence-corrected chi connectivity index (χ3v) is 4.11. The molecule has 0 unspecified atom stereocenters. The van der Waals surface area contributed by atoms with Crippen molar-refractivity contribution in [1.82, 2.24) is 25.2 Å². The largest absolute Gasteiger partial charge is 0.332 e. The quantitative estimate of drug-likeness (QED) is 0.908. The fourth-order valence-corrected chi connectivity index (χ4v) is 2.81.